The van der Waals surface area contributed by atoms with E-state index in [1.807, 2.05) is 19.1 Å². The van der Waals surface area contributed by atoms with Crippen LogP contribution < -0.4 is 4.74 Å². The fourth-order valence-electron chi connectivity index (χ4n) is 3.26. The van der Waals surface area contributed by atoms with Crippen LogP contribution in [-0.4, -0.2) is 35.8 Å². The van der Waals surface area contributed by atoms with Gasteiger partial charge in [-0.1, -0.05) is 37.3 Å². The van der Waals surface area contributed by atoms with Crippen LogP contribution in [0.3, 0.4) is 0 Å². The van der Waals surface area contributed by atoms with Gasteiger partial charge in [0.15, 0.2) is 6.61 Å². The molecule has 0 bridgehead atoms. The summed E-state index contributed by atoms with van der Waals surface area (Å²) in [6.07, 6.45) is 0.490. The largest absolute Gasteiger partial charge is 0.507 e. The number of hydrogen-bond donors (Lipinski definition) is 3. The maximum absolute atomic E-state index is 11.8. The molecule has 8 heteroatoms. The first-order valence-corrected chi connectivity index (χ1v) is 10.3. The summed E-state index contributed by atoms with van der Waals surface area (Å²) in [5.74, 6) is -0.822. The monoisotopic (exact) mass is 416 g/mol. The number of phenolic OH excluding ortho intramolecular Hbond substituents is 1. The van der Waals surface area contributed by atoms with Gasteiger partial charge >= 0.3 is 5.97 Å². The van der Waals surface area contributed by atoms with E-state index in [-0.39, 0.29) is 21.9 Å². The van der Waals surface area contributed by atoms with E-state index in [9.17, 15) is 22.9 Å². The first-order valence-electron chi connectivity index (χ1n) is 8.82. The summed E-state index contributed by atoms with van der Waals surface area (Å²) in [4.78, 5) is 10.2. The molecule has 0 saturated carbocycles. The minimum atomic E-state index is -4.52. The summed E-state index contributed by atoms with van der Waals surface area (Å²) < 4.78 is 38.4. The smallest absolute Gasteiger partial charge is 0.341 e. The Morgan fingerprint density at radius 1 is 1.10 bits per heavy atom. The molecule has 0 aromatic heterocycles. The molecule has 0 aliphatic rings. The molecule has 0 spiro atoms. The molecular formula is C21H20O7S. The van der Waals surface area contributed by atoms with Crippen LogP contribution in [-0.2, 0) is 21.3 Å². The highest BCUT2D eigenvalue weighted by Crippen LogP contribution is 2.33. The summed E-state index contributed by atoms with van der Waals surface area (Å²) in [5.41, 5.74) is 1.64. The molecule has 3 aromatic carbocycles. The van der Waals surface area contributed by atoms with Crippen LogP contribution >= 0.6 is 0 Å². The Morgan fingerprint density at radius 2 is 1.79 bits per heavy atom. The van der Waals surface area contributed by atoms with Crippen LogP contribution in [0, 0.1) is 0 Å². The number of aromatic hydroxyl groups is 1. The quantitative estimate of drug-likeness (QED) is 0.503. The highest BCUT2D eigenvalue weighted by molar-refractivity contribution is 7.86. The lowest BCUT2D eigenvalue weighted by atomic mass is 9.92. The van der Waals surface area contributed by atoms with Crippen molar-refractivity contribution in [2.24, 2.45) is 0 Å². The topological polar surface area (TPSA) is 121 Å². The predicted molar refractivity (Wildman–Crippen MR) is 107 cm³/mol. The molecule has 0 saturated heterocycles. The van der Waals surface area contributed by atoms with Crippen molar-refractivity contribution < 1.29 is 32.7 Å². The minimum Gasteiger partial charge on any atom is -0.507 e. The van der Waals surface area contributed by atoms with E-state index in [1.165, 1.54) is 12.1 Å². The zero-order valence-corrected chi connectivity index (χ0v) is 16.4. The predicted octanol–water partition coefficient (Wildman–Crippen LogP) is 3.60. The number of aliphatic carboxylic acids is 1. The van der Waals surface area contributed by atoms with E-state index in [2.05, 4.69) is 0 Å². The van der Waals surface area contributed by atoms with Crippen LogP contribution in [0.5, 0.6) is 11.5 Å². The molecule has 152 valence electrons. The van der Waals surface area contributed by atoms with Crippen molar-refractivity contribution >= 4 is 26.9 Å². The van der Waals surface area contributed by atoms with Gasteiger partial charge in [0.2, 0.25) is 0 Å². The molecule has 0 aliphatic carbocycles. The lowest BCUT2D eigenvalue weighted by Gasteiger charge is -2.15. The van der Waals surface area contributed by atoms with Gasteiger partial charge in [-0.05, 0) is 53.1 Å². The number of fused-ring (bicyclic) bond motifs is 1. The third-order valence-corrected chi connectivity index (χ3v) is 5.49. The fraction of sp³-hybridized carbons (Fsp3) is 0.190. The molecule has 3 N–H and O–H groups in total. The summed E-state index contributed by atoms with van der Waals surface area (Å²) in [7, 11) is -4.52. The van der Waals surface area contributed by atoms with Crippen LogP contribution in [0.15, 0.2) is 59.5 Å². The molecule has 29 heavy (non-hydrogen) atoms. The van der Waals surface area contributed by atoms with E-state index in [4.69, 9.17) is 9.84 Å². The molecule has 7 nitrogen and oxygen atoms in total. The van der Waals surface area contributed by atoms with Gasteiger partial charge in [-0.2, -0.15) is 8.42 Å². The van der Waals surface area contributed by atoms with Crippen molar-refractivity contribution in [1.82, 2.24) is 0 Å². The Balaban J connectivity index is 1.89. The van der Waals surface area contributed by atoms with Crippen molar-refractivity contribution in [2.75, 3.05) is 6.61 Å². The summed E-state index contributed by atoms with van der Waals surface area (Å²) >= 11 is 0. The van der Waals surface area contributed by atoms with E-state index >= 15 is 0 Å². The van der Waals surface area contributed by atoms with Gasteiger partial charge in [0.05, 0.1) is 0 Å². The fourth-order valence-corrected chi connectivity index (χ4v) is 4.04. The lowest BCUT2D eigenvalue weighted by Crippen LogP contribution is -2.09. The molecule has 0 heterocycles. The first-order chi connectivity index (χ1) is 13.6. The number of carboxylic acids is 1. The number of phenols is 1. The third-order valence-electron chi connectivity index (χ3n) is 4.61. The molecular weight excluding hydrogens is 396 g/mol. The summed E-state index contributed by atoms with van der Waals surface area (Å²) in [5, 5.41) is 19.3. The highest BCUT2D eigenvalue weighted by Gasteiger charge is 2.19. The van der Waals surface area contributed by atoms with E-state index in [0.29, 0.717) is 23.1 Å². The third kappa shape index (κ3) is 4.85. The molecule has 0 fully saturated rings. The average molecular weight is 416 g/mol. The van der Waals surface area contributed by atoms with Crippen LogP contribution in [0.4, 0.5) is 0 Å². The van der Waals surface area contributed by atoms with Crippen molar-refractivity contribution in [3.05, 3.63) is 65.7 Å². The van der Waals surface area contributed by atoms with Gasteiger partial charge in [-0.15, -0.1) is 0 Å². The maximum Gasteiger partial charge on any atom is 0.341 e. The van der Waals surface area contributed by atoms with E-state index in [1.54, 1.807) is 30.3 Å². The molecule has 3 rings (SSSR count). The minimum absolute atomic E-state index is 0.00697. The number of carbonyl (C=O) groups is 1. The number of carboxylic acid groups (broad SMARTS) is 1. The molecule has 1 unspecified atom stereocenters. The average Bonchev–Trinajstić information content (AvgIpc) is 2.65. The standard InChI is InChI=1S/C21H20O7S/c1-13(15-5-7-17(8-6-15)28-12-20(23)24)9-14-10-16-3-2-4-18(22)21(16)19(11-14)29(25,26)27/h2-8,10-11,13,22H,9,12H2,1H3,(H,23,24)(H,25,26,27). The van der Waals surface area contributed by atoms with Gasteiger partial charge < -0.3 is 14.9 Å². The second kappa shape index (κ2) is 8.10. The van der Waals surface area contributed by atoms with Gasteiger partial charge in [-0.25, -0.2) is 4.79 Å². The number of ether oxygens (including phenoxy) is 1. The number of benzene rings is 3. The van der Waals surface area contributed by atoms with E-state index < -0.39 is 22.7 Å². The molecule has 0 aliphatic heterocycles. The Labute approximate surface area is 167 Å². The lowest BCUT2D eigenvalue weighted by molar-refractivity contribution is -0.139. The summed E-state index contributed by atoms with van der Waals surface area (Å²) in [6, 6.07) is 14.8. The molecule has 1 atom stereocenters. The normalized spacial score (nSPS) is 12.6. The van der Waals surface area contributed by atoms with Crippen LogP contribution in [0.1, 0.15) is 24.0 Å². The first kappa shape index (κ1) is 20.6. The highest BCUT2D eigenvalue weighted by atomic mass is 32.2. The number of hydrogen-bond acceptors (Lipinski definition) is 5. The second-order valence-electron chi connectivity index (χ2n) is 6.80. The Bertz CT molecular complexity index is 1150. The van der Waals surface area contributed by atoms with Gasteiger partial charge in [0.1, 0.15) is 16.4 Å². The van der Waals surface area contributed by atoms with Gasteiger partial charge in [-0.3, -0.25) is 4.55 Å². The number of rotatable bonds is 7. The Kier molecular flexibility index (Phi) is 5.76. The maximum atomic E-state index is 11.8. The van der Waals surface area contributed by atoms with Crippen LogP contribution in [0.25, 0.3) is 10.8 Å². The molecule has 0 radical (unpaired) electrons. The van der Waals surface area contributed by atoms with Crippen molar-refractivity contribution in [2.45, 2.75) is 24.2 Å². The van der Waals surface area contributed by atoms with Crippen molar-refractivity contribution in [1.29, 1.82) is 0 Å². The SMILES string of the molecule is CC(Cc1cc(S(=O)(=O)O)c2c(O)cccc2c1)c1ccc(OCC(=O)O)cc1. The summed E-state index contributed by atoms with van der Waals surface area (Å²) in [6.45, 7) is 1.55. The van der Waals surface area contributed by atoms with Crippen LogP contribution in [0.2, 0.25) is 0 Å². The zero-order valence-electron chi connectivity index (χ0n) is 15.6. The van der Waals surface area contributed by atoms with Gasteiger partial charge in [0.25, 0.3) is 10.1 Å². The van der Waals surface area contributed by atoms with Crippen molar-refractivity contribution in [3.63, 3.8) is 0 Å². The molecule has 3 aromatic rings. The second-order valence-corrected chi connectivity index (χ2v) is 8.19. The zero-order chi connectivity index (χ0) is 21.2. The Morgan fingerprint density at radius 3 is 2.41 bits per heavy atom. The van der Waals surface area contributed by atoms with E-state index in [0.717, 1.165) is 5.56 Å². The van der Waals surface area contributed by atoms with Crippen molar-refractivity contribution in [3.8, 4) is 11.5 Å². The van der Waals surface area contributed by atoms with Gasteiger partial charge in [0, 0.05) is 5.39 Å². The molecule has 0 amide bonds. The Hall–Kier alpha value is -3.10.